The van der Waals surface area contributed by atoms with Gasteiger partial charge in [0.2, 0.25) is 15.9 Å². The largest absolute Gasteiger partial charge is 0.494 e. The van der Waals surface area contributed by atoms with Gasteiger partial charge in [-0.2, -0.15) is 4.72 Å². The predicted molar refractivity (Wildman–Crippen MR) is 121 cm³/mol. The third kappa shape index (κ3) is 5.38. The number of fused-ring (bicyclic) bond motifs is 1. The quantitative estimate of drug-likeness (QED) is 0.506. The van der Waals surface area contributed by atoms with Crippen LogP contribution < -0.4 is 20.5 Å². The topological polar surface area (TPSA) is 120 Å². The monoisotopic (exact) mass is 461 g/mol. The van der Waals surface area contributed by atoms with Gasteiger partial charge in [-0.3, -0.25) is 9.36 Å². The molecule has 0 saturated heterocycles. The maximum absolute atomic E-state index is 13.0. The minimum absolute atomic E-state index is 0.0587. The van der Waals surface area contributed by atoms with Crippen molar-refractivity contribution in [3.05, 3.63) is 53.0 Å². The summed E-state index contributed by atoms with van der Waals surface area (Å²) in [6, 6.07) is 9.97. The Balaban J connectivity index is 1.82. The SMILES string of the molecule is CCOc1ccc(NC(=O)C(CC(C)C)NS(=O)(=O)c2ccc3c(c2)oc(=O)n3C)cc1. The Kier molecular flexibility index (Phi) is 7.05. The standard InChI is InChI=1S/C22H27N3O6S/c1-5-30-16-8-6-15(7-9-16)23-21(26)18(12-14(2)3)24-32(28,29)17-10-11-19-20(13-17)31-22(27)25(19)4/h6-11,13-14,18,24H,5,12H2,1-4H3,(H,23,26). The van der Waals surface area contributed by atoms with Gasteiger partial charge in [0.1, 0.15) is 11.8 Å². The van der Waals surface area contributed by atoms with Gasteiger partial charge in [-0.25, -0.2) is 13.2 Å². The van der Waals surface area contributed by atoms with Crippen LogP contribution in [0, 0.1) is 5.92 Å². The Hall–Kier alpha value is -3.11. The van der Waals surface area contributed by atoms with Crippen molar-refractivity contribution in [3.63, 3.8) is 0 Å². The fourth-order valence-electron chi connectivity index (χ4n) is 3.25. The van der Waals surface area contributed by atoms with Crippen molar-refractivity contribution >= 4 is 32.7 Å². The average Bonchev–Trinajstić information content (AvgIpc) is 3.02. The van der Waals surface area contributed by atoms with E-state index in [1.807, 2.05) is 20.8 Å². The minimum Gasteiger partial charge on any atom is -0.494 e. The first-order valence-corrected chi connectivity index (χ1v) is 11.7. The van der Waals surface area contributed by atoms with Crippen molar-refractivity contribution in [2.45, 2.75) is 38.1 Å². The highest BCUT2D eigenvalue weighted by molar-refractivity contribution is 7.89. The molecule has 0 radical (unpaired) electrons. The maximum atomic E-state index is 13.0. The normalized spacial score (nSPS) is 12.8. The van der Waals surface area contributed by atoms with Gasteiger partial charge in [0.05, 0.1) is 17.0 Å². The van der Waals surface area contributed by atoms with Gasteiger partial charge in [-0.1, -0.05) is 13.8 Å². The summed E-state index contributed by atoms with van der Waals surface area (Å²) in [5, 5.41) is 2.75. The van der Waals surface area contributed by atoms with E-state index in [1.54, 1.807) is 24.3 Å². The molecule has 0 fully saturated rings. The summed E-state index contributed by atoms with van der Waals surface area (Å²) in [7, 11) is -2.52. The summed E-state index contributed by atoms with van der Waals surface area (Å²) in [5.74, 6) is -0.329. The first kappa shape index (κ1) is 23.6. The molecule has 0 aliphatic rings. The Morgan fingerprint density at radius 2 is 1.84 bits per heavy atom. The number of aromatic nitrogens is 1. The molecule has 32 heavy (non-hydrogen) atoms. The lowest BCUT2D eigenvalue weighted by Gasteiger charge is -2.20. The fraction of sp³-hybridized carbons (Fsp3) is 0.364. The van der Waals surface area contributed by atoms with E-state index in [2.05, 4.69) is 10.0 Å². The lowest BCUT2D eigenvalue weighted by atomic mass is 10.0. The zero-order chi connectivity index (χ0) is 23.5. The van der Waals surface area contributed by atoms with Crippen LogP contribution in [-0.4, -0.2) is 31.5 Å². The van der Waals surface area contributed by atoms with Gasteiger partial charge in [-0.05, 0) is 55.7 Å². The van der Waals surface area contributed by atoms with Gasteiger partial charge >= 0.3 is 5.76 Å². The number of carbonyl (C=O) groups excluding carboxylic acids is 1. The second kappa shape index (κ2) is 9.58. The van der Waals surface area contributed by atoms with Crippen molar-refractivity contribution in [1.82, 2.24) is 9.29 Å². The number of hydrogen-bond donors (Lipinski definition) is 2. The molecule has 10 heteroatoms. The molecule has 172 valence electrons. The highest BCUT2D eigenvalue weighted by atomic mass is 32.2. The number of anilines is 1. The van der Waals surface area contributed by atoms with Crippen LogP contribution in [0.25, 0.3) is 11.1 Å². The van der Waals surface area contributed by atoms with Crippen molar-refractivity contribution in [1.29, 1.82) is 0 Å². The Morgan fingerprint density at radius 1 is 1.16 bits per heavy atom. The van der Waals surface area contributed by atoms with Crippen molar-refractivity contribution in [2.75, 3.05) is 11.9 Å². The van der Waals surface area contributed by atoms with Crippen LogP contribution in [0.15, 0.2) is 56.6 Å². The molecule has 0 aliphatic carbocycles. The average molecular weight is 462 g/mol. The number of nitrogens with zero attached hydrogens (tertiary/aromatic N) is 1. The van der Waals surface area contributed by atoms with Crippen molar-refractivity contribution in [2.24, 2.45) is 13.0 Å². The van der Waals surface area contributed by atoms with E-state index < -0.39 is 27.7 Å². The number of sulfonamides is 1. The van der Waals surface area contributed by atoms with E-state index in [9.17, 15) is 18.0 Å². The minimum atomic E-state index is -4.05. The van der Waals surface area contributed by atoms with Crippen LogP contribution in [0.5, 0.6) is 5.75 Å². The van der Waals surface area contributed by atoms with E-state index >= 15 is 0 Å². The maximum Gasteiger partial charge on any atom is 0.419 e. The summed E-state index contributed by atoms with van der Waals surface area (Å²) in [4.78, 5) is 24.5. The fourth-order valence-corrected chi connectivity index (χ4v) is 4.47. The number of hydrogen-bond acceptors (Lipinski definition) is 6. The van der Waals surface area contributed by atoms with Crippen LogP contribution in [0.4, 0.5) is 5.69 Å². The zero-order valence-corrected chi connectivity index (χ0v) is 19.2. The molecular weight excluding hydrogens is 434 g/mol. The van der Waals surface area contributed by atoms with Gasteiger partial charge in [0, 0.05) is 18.8 Å². The first-order valence-electron chi connectivity index (χ1n) is 10.3. The van der Waals surface area contributed by atoms with Crippen LogP contribution in [0.3, 0.4) is 0 Å². The molecule has 3 aromatic rings. The van der Waals surface area contributed by atoms with Gasteiger partial charge in [0.15, 0.2) is 5.58 Å². The smallest absolute Gasteiger partial charge is 0.419 e. The summed E-state index contributed by atoms with van der Waals surface area (Å²) in [6.07, 6.45) is 0.296. The third-order valence-corrected chi connectivity index (χ3v) is 6.30. The number of aryl methyl sites for hydroxylation is 1. The molecule has 2 aromatic carbocycles. The Morgan fingerprint density at radius 3 is 2.47 bits per heavy atom. The van der Waals surface area contributed by atoms with E-state index in [0.717, 1.165) is 0 Å². The van der Waals surface area contributed by atoms with Crippen molar-refractivity contribution in [3.8, 4) is 5.75 Å². The Bertz CT molecular complexity index is 1260. The third-order valence-electron chi connectivity index (χ3n) is 4.83. The van der Waals surface area contributed by atoms with E-state index in [-0.39, 0.29) is 16.4 Å². The number of benzene rings is 2. The predicted octanol–water partition coefficient (Wildman–Crippen LogP) is 2.86. The molecule has 9 nitrogen and oxygen atoms in total. The number of oxazole rings is 1. The Labute approximate surface area is 186 Å². The second-order valence-electron chi connectivity index (χ2n) is 7.81. The number of amides is 1. The first-order chi connectivity index (χ1) is 15.1. The van der Waals surface area contributed by atoms with Crippen LogP contribution >= 0.6 is 0 Å². The van der Waals surface area contributed by atoms with Crippen LogP contribution in [0.2, 0.25) is 0 Å². The molecule has 1 heterocycles. The number of rotatable bonds is 9. The molecule has 0 aliphatic heterocycles. The van der Waals surface area contributed by atoms with Gasteiger partial charge in [0.25, 0.3) is 0 Å². The van der Waals surface area contributed by atoms with Crippen molar-refractivity contribution < 1.29 is 22.4 Å². The molecule has 0 spiro atoms. The van der Waals surface area contributed by atoms with E-state index in [4.69, 9.17) is 9.15 Å². The molecule has 1 unspecified atom stereocenters. The lowest BCUT2D eigenvalue weighted by Crippen LogP contribution is -2.44. The summed E-state index contributed by atoms with van der Waals surface area (Å²) < 4.78 is 40.2. The van der Waals surface area contributed by atoms with Gasteiger partial charge < -0.3 is 14.5 Å². The molecule has 1 aromatic heterocycles. The lowest BCUT2D eigenvalue weighted by molar-refractivity contribution is -0.118. The van der Waals surface area contributed by atoms with Crippen LogP contribution in [0.1, 0.15) is 27.2 Å². The molecule has 3 rings (SSSR count). The number of carbonyl (C=O) groups is 1. The molecule has 1 atom stereocenters. The number of ether oxygens (including phenoxy) is 1. The zero-order valence-electron chi connectivity index (χ0n) is 18.4. The summed E-state index contributed by atoms with van der Waals surface area (Å²) in [5.41, 5.74) is 1.15. The molecule has 0 saturated carbocycles. The highest BCUT2D eigenvalue weighted by Gasteiger charge is 2.27. The molecule has 0 bridgehead atoms. The molecule has 1 amide bonds. The summed E-state index contributed by atoms with van der Waals surface area (Å²) in [6.45, 7) is 6.20. The highest BCUT2D eigenvalue weighted by Crippen LogP contribution is 2.20. The number of nitrogens with one attached hydrogen (secondary N) is 2. The van der Waals surface area contributed by atoms with Crippen LogP contribution in [-0.2, 0) is 21.9 Å². The van der Waals surface area contributed by atoms with E-state index in [0.29, 0.717) is 30.0 Å². The van der Waals surface area contributed by atoms with E-state index in [1.165, 1.54) is 29.8 Å². The molecule has 2 N–H and O–H groups in total. The summed E-state index contributed by atoms with van der Waals surface area (Å²) >= 11 is 0. The molecular formula is C22H27N3O6S. The van der Waals surface area contributed by atoms with Gasteiger partial charge in [-0.15, -0.1) is 0 Å². The second-order valence-corrected chi connectivity index (χ2v) is 9.52.